The maximum atomic E-state index is 6.15. The molecule has 1 saturated heterocycles. The molecule has 2 heterocycles. The fourth-order valence-corrected chi connectivity index (χ4v) is 3.84. The molecule has 1 aliphatic carbocycles. The molecule has 3 nitrogen and oxygen atoms in total. The quantitative estimate of drug-likeness (QED) is 0.923. The van der Waals surface area contributed by atoms with Gasteiger partial charge in [0.1, 0.15) is 11.9 Å². The normalized spacial score (nSPS) is 29.8. The number of aryl methyl sites for hydroxylation is 1. The fraction of sp³-hybridized carbons (Fsp3) is 0.667. The topological polar surface area (TPSA) is 24.5 Å². The van der Waals surface area contributed by atoms with E-state index in [9.17, 15) is 0 Å². The second-order valence-corrected chi connectivity index (χ2v) is 7.07. The second-order valence-electron chi connectivity index (χ2n) is 7.07. The minimum atomic E-state index is 0.347. The van der Waals surface area contributed by atoms with E-state index < -0.39 is 0 Å². The summed E-state index contributed by atoms with van der Waals surface area (Å²) >= 11 is 0. The molecule has 2 unspecified atom stereocenters. The van der Waals surface area contributed by atoms with E-state index >= 15 is 0 Å². The van der Waals surface area contributed by atoms with Gasteiger partial charge in [0.2, 0.25) is 0 Å². The Balaban J connectivity index is 1.37. The molecule has 4 rings (SSSR count). The van der Waals surface area contributed by atoms with Crippen LogP contribution in [0.4, 0.5) is 0 Å². The number of ether oxygens (including phenoxy) is 1. The summed E-state index contributed by atoms with van der Waals surface area (Å²) in [5, 5.41) is 3.74. The number of hydrogen-bond donors (Lipinski definition) is 1. The van der Waals surface area contributed by atoms with E-state index in [1.165, 1.54) is 50.0 Å². The predicted molar refractivity (Wildman–Crippen MR) is 84.9 cm³/mol. The smallest absolute Gasteiger partial charge is 0.123 e. The van der Waals surface area contributed by atoms with Crippen molar-refractivity contribution < 1.29 is 4.74 Å². The number of fused-ring (bicyclic) bond motifs is 1. The fourth-order valence-electron chi connectivity index (χ4n) is 3.84. The first-order chi connectivity index (χ1) is 10.3. The molecular formula is C18H26N2O. The van der Waals surface area contributed by atoms with Crippen molar-refractivity contribution in [2.45, 2.75) is 44.8 Å². The molecule has 2 aliphatic heterocycles. The van der Waals surface area contributed by atoms with Gasteiger partial charge in [-0.1, -0.05) is 17.7 Å². The van der Waals surface area contributed by atoms with E-state index in [2.05, 4.69) is 35.3 Å². The Kier molecular flexibility index (Phi) is 3.64. The Morgan fingerprint density at radius 1 is 1.33 bits per heavy atom. The Labute approximate surface area is 127 Å². The lowest BCUT2D eigenvalue weighted by Crippen LogP contribution is -2.42. The van der Waals surface area contributed by atoms with Gasteiger partial charge in [0.25, 0.3) is 0 Å². The first-order valence-corrected chi connectivity index (χ1v) is 8.50. The van der Waals surface area contributed by atoms with Crippen LogP contribution in [0.5, 0.6) is 5.75 Å². The van der Waals surface area contributed by atoms with Gasteiger partial charge in [-0.2, -0.15) is 0 Å². The van der Waals surface area contributed by atoms with Crippen molar-refractivity contribution in [2.24, 2.45) is 5.92 Å². The molecule has 1 N–H and O–H groups in total. The van der Waals surface area contributed by atoms with Crippen LogP contribution in [0.15, 0.2) is 18.2 Å². The summed E-state index contributed by atoms with van der Waals surface area (Å²) in [6.45, 7) is 6.85. The molecule has 0 amide bonds. The van der Waals surface area contributed by atoms with Crippen LogP contribution in [-0.2, 0) is 6.42 Å². The van der Waals surface area contributed by atoms with Gasteiger partial charge in [-0.15, -0.1) is 0 Å². The van der Waals surface area contributed by atoms with Crippen LogP contribution in [0.25, 0.3) is 0 Å². The lowest BCUT2D eigenvalue weighted by atomic mass is 10.1. The van der Waals surface area contributed by atoms with Crippen molar-refractivity contribution >= 4 is 0 Å². The molecule has 114 valence electrons. The molecule has 3 heteroatoms. The summed E-state index contributed by atoms with van der Waals surface area (Å²) in [6, 6.07) is 7.30. The molecule has 3 aliphatic rings. The van der Waals surface area contributed by atoms with Crippen LogP contribution >= 0.6 is 0 Å². The second kappa shape index (κ2) is 5.62. The van der Waals surface area contributed by atoms with Gasteiger partial charge in [-0.3, -0.25) is 4.90 Å². The lowest BCUT2D eigenvalue weighted by molar-refractivity contribution is 0.146. The van der Waals surface area contributed by atoms with E-state index in [-0.39, 0.29) is 0 Å². The highest BCUT2D eigenvalue weighted by molar-refractivity contribution is 5.40. The molecule has 0 radical (unpaired) electrons. The van der Waals surface area contributed by atoms with Crippen molar-refractivity contribution in [3.63, 3.8) is 0 Å². The zero-order valence-corrected chi connectivity index (χ0v) is 13.0. The van der Waals surface area contributed by atoms with Crippen LogP contribution < -0.4 is 10.1 Å². The van der Waals surface area contributed by atoms with Gasteiger partial charge >= 0.3 is 0 Å². The molecule has 21 heavy (non-hydrogen) atoms. The molecular weight excluding hydrogens is 260 g/mol. The third kappa shape index (κ3) is 3.09. The van der Waals surface area contributed by atoms with E-state index in [1.807, 2.05) is 0 Å². The molecule has 0 bridgehead atoms. The number of nitrogens with zero attached hydrogens (tertiary/aromatic N) is 1. The average molecular weight is 286 g/mol. The van der Waals surface area contributed by atoms with Gasteiger partial charge < -0.3 is 10.1 Å². The number of hydrogen-bond acceptors (Lipinski definition) is 3. The standard InChI is InChI=1S/C18H26N2O/c1-13-3-6-18-15(9-13)10-16(21-18)11-20-8-2-7-19-17(12-20)14-4-5-14/h3,6,9,14,16-17,19H,2,4-5,7-8,10-12H2,1H3. The van der Waals surface area contributed by atoms with Crippen molar-refractivity contribution in [1.29, 1.82) is 0 Å². The van der Waals surface area contributed by atoms with Gasteiger partial charge in [-0.25, -0.2) is 0 Å². The number of nitrogens with one attached hydrogen (secondary N) is 1. The average Bonchev–Trinajstić information content (AvgIpc) is 3.24. The van der Waals surface area contributed by atoms with Gasteiger partial charge in [0.15, 0.2) is 0 Å². The molecule has 0 aromatic heterocycles. The van der Waals surface area contributed by atoms with Crippen LogP contribution in [0.3, 0.4) is 0 Å². The highest BCUT2D eigenvalue weighted by Gasteiger charge is 2.34. The van der Waals surface area contributed by atoms with Crippen molar-refractivity contribution in [3.8, 4) is 5.75 Å². The minimum Gasteiger partial charge on any atom is -0.488 e. The zero-order valence-electron chi connectivity index (χ0n) is 13.0. The van der Waals surface area contributed by atoms with Crippen molar-refractivity contribution in [2.75, 3.05) is 26.2 Å². The van der Waals surface area contributed by atoms with Crippen LogP contribution in [0.1, 0.15) is 30.4 Å². The molecule has 2 atom stereocenters. The van der Waals surface area contributed by atoms with E-state index in [0.717, 1.165) is 30.7 Å². The largest absolute Gasteiger partial charge is 0.488 e. The lowest BCUT2D eigenvalue weighted by Gasteiger charge is -2.26. The molecule has 1 saturated carbocycles. The Hall–Kier alpha value is -1.06. The maximum Gasteiger partial charge on any atom is 0.123 e. The summed E-state index contributed by atoms with van der Waals surface area (Å²) in [5.41, 5.74) is 2.73. The van der Waals surface area contributed by atoms with Gasteiger partial charge in [0.05, 0.1) is 0 Å². The molecule has 1 aromatic carbocycles. The summed E-state index contributed by atoms with van der Waals surface area (Å²) in [7, 11) is 0. The molecule has 1 aromatic rings. The number of rotatable bonds is 3. The summed E-state index contributed by atoms with van der Waals surface area (Å²) in [5.74, 6) is 2.05. The maximum absolute atomic E-state index is 6.15. The highest BCUT2D eigenvalue weighted by atomic mass is 16.5. The third-order valence-electron chi connectivity index (χ3n) is 5.12. The summed E-state index contributed by atoms with van der Waals surface area (Å²) in [4.78, 5) is 2.63. The van der Waals surface area contributed by atoms with Crippen molar-refractivity contribution in [3.05, 3.63) is 29.3 Å². The monoisotopic (exact) mass is 286 g/mol. The minimum absolute atomic E-state index is 0.347. The molecule has 2 fully saturated rings. The van der Waals surface area contributed by atoms with Gasteiger partial charge in [0, 0.05) is 25.6 Å². The Morgan fingerprint density at radius 3 is 3.10 bits per heavy atom. The number of benzene rings is 1. The molecule has 0 spiro atoms. The van der Waals surface area contributed by atoms with Crippen LogP contribution in [0, 0.1) is 12.8 Å². The van der Waals surface area contributed by atoms with E-state index in [0.29, 0.717) is 6.10 Å². The summed E-state index contributed by atoms with van der Waals surface area (Å²) < 4.78 is 6.15. The highest BCUT2D eigenvalue weighted by Crippen LogP contribution is 2.34. The predicted octanol–water partition coefficient (Wildman–Crippen LogP) is 2.37. The SMILES string of the molecule is Cc1ccc2c(c1)CC(CN1CCCNC(C3CC3)C1)O2. The van der Waals surface area contributed by atoms with Crippen LogP contribution in [0.2, 0.25) is 0 Å². The van der Waals surface area contributed by atoms with E-state index in [4.69, 9.17) is 4.74 Å². The summed E-state index contributed by atoms with van der Waals surface area (Å²) in [6.07, 6.45) is 5.54. The van der Waals surface area contributed by atoms with Crippen LogP contribution in [-0.4, -0.2) is 43.2 Å². The van der Waals surface area contributed by atoms with Crippen molar-refractivity contribution in [1.82, 2.24) is 10.2 Å². The Bertz CT molecular complexity index is 512. The third-order valence-corrected chi connectivity index (χ3v) is 5.12. The zero-order chi connectivity index (χ0) is 14.2. The van der Waals surface area contributed by atoms with Gasteiger partial charge in [-0.05, 0) is 56.8 Å². The first-order valence-electron chi connectivity index (χ1n) is 8.50. The first kappa shape index (κ1) is 13.6. The Morgan fingerprint density at radius 2 is 2.24 bits per heavy atom. The van der Waals surface area contributed by atoms with E-state index in [1.54, 1.807) is 0 Å².